The van der Waals surface area contributed by atoms with Crippen molar-refractivity contribution in [3.05, 3.63) is 34.4 Å². The van der Waals surface area contributed by atoms with Crippen LogP contribution in [0.15, 0.2) is 12.1 Å². The van der Waals surface area contributed by atoms with Crippen LogP contribution in [-0.2, 0) is 6.42 Å². The first kappa shape index (κ1) is 13.6. The Labute approximate surface area is 112 Å². The van der Waals surface area contributed by atoms with Gasteiger partial charge in [-0.3, -0.25) is 4.90 Å². The third-order valence-corrected chi connectivity index (χ3v) is 4.40. The minimum atomic E-state index is 0.562. The van der Waals surface area contributed by atoms with Crippen LogP contribution >= 0.6 is 0 Å². The van der Waals surface area contributed by atoms with Crippen molar-refractivity contribution in [2.24, 2.45) is 0 Å². The van der Waals surface area contributed by atoms with E-state index in [1.54, 1.807) is 11.1 Å². The molecule has 1 heteroatoms. The van der Waals surface area contributed by atoms with E-state index in [2.05, 4.69) is 58.6 Å². The maximum absolute atomic E-state index is 2.61. The number of fused-ring (bicyclic) bond motifs is 1. The highest BCUT2D eigenvalue weighted by atomic mass is 15.2. The molecule has 1 aliphatic heterocycles. The molecule has 0 N–H and O–H groups in total. The smallest absolute Gasteiger partial charge is 0.0325 e. The number of aryl methyl sites for hydroxylation is 1. The SMILES string of the molecule is Cc1cc2c(cc1C(C)C)C(C)N(C(C)C)CC2. The second kappa shape index (κ2) is 5.05. The second-order valence-electron chi connectivity index (χ2n) is 6.32. The number of nitrogens with zero attached hydrogens (tertiary/aromatic N) is 1. The van der Waals surface area contributed by atoms with Crippen molar-refractivity contribution in [1.82, 2.24) is 4.90 Å². The Morgan fingerprint density at radius 2 is 1.83 bits per heavy atom. The normalized spacial score (nSPS) is 20.6. The van der Waals surface area contributed by atoms with E-state index in [4.69, 9.17) is 0 Å². The molecule has 2 rings (SSSR count). The molecule has 0 bridgehead atoms. The van der Waals surface area contributed by atoms with E-state index < -0.39 is 0 Å². The predicted molar refractivity (Wildman–Crippen MR) is 79.2 cm³/mol. The first-order valence-corrected chi connectivity index (χ1v) is 7.30. The van der Waals surface area contributed by atoms with Crippen LogP contribution in [0.1, 0.15) is 68.8 Å². The number of benzene rings is 1. The Bertz CT molecular complexity index is 431. The average molecular weight is 245 g/mol. The van der Waals surface area contributed by atoms with Crippen molar-refractivity contribution >= 4 is 0 Å². The van der Waals surface area contributed by atoms with Gasteiger partial charge >= 0.3 is 0 Å². The molecular formula is C17H27N. The van der Waals surface area contributed by atoms with E-state index in [0.717, 1.165) is 0 Å². The Kier molecular flexibility index (Phi) is 3.82. The molecule has 0 saturated heterocycles. The van der Waals surface area contributed by atoms with Crippen LogP contribution in [-0.4, -0.2) is 17.5 Å². The van der Waals surface area contributed by atoms with E-state index in [1.807, 2.05) is 0 Å². The number of hydrogen-bond acceptors (Lipinski definition) is 1. The molecule has 0 aliphatic carbocycles. The zero-order valence-electron chi connectivity index (χ0n) is 12.7. The fourth-order valence-corrected chi connectivity index (χ4v) is 3.36. The quantitative estimate of drug-likeness (QED) is 0.744. The van der Waals surface area contributed by atoms with Gasteiger partial charge in [-0.25, -0.2) is 0 Å². The molecule has 0 radical (unpaired) electrons. The van der Waals surface area contributed by atoms with Crippen molar-refractivity contribution in [2.45, 2.75) is 66.0 Å². The average Bonchev–Trinajstić information content (AvgIpc) is 2.27. The highest BCUT2D eigenvalue weighted by Crippen LogP contribution is 2.34. The lowest BCUT2D eigenvalue weighted by Crippen LogP contribution is -2.39. The fraction of sp³-hybridized carbons (Fsp3) is 0.647. The summed E-state index contributed by atoms with van der Waals surface area (Å²) in [6.45, 7) is 15.0. The molecule has 0 spiro atoms. The predicted octanol–water partition coefficient (Wildman–Crippen LogP) is 4.45. The summed E-state index contributed by atoms with van der Waals surface area (Å²) in [6, 6.07) is 6.09. The van der Waals surface area contributed by atoms with Crippen LogP contribution in [0.2, 0.25) is 0 Å². The number of hydrogen-bond donors (Lipinski definition) is 0. The molecular weight excluding hydrogens is 218 g/mol. The Hall–Kier alpha value is -0.820. The van der Waals surface area contributed by atoms with Crippen LogP contribution in [0, 0.1) is 6.92 Å². The van der Waals surface area contributed by atoms with Gasteiger partial charge in [0.2, 0.25) is 0 Å². The highest BCUT2D eigenvalue weighted by molar-refractivity contribution is 5.42. The first-order chi connectivity index (χ1) is 8.41. The van der Waals surface area contributed by atoms with Crippen molar-refractivity contribution in [3.63, 3.8) is 0 Å². The van der Waals surface area contributed by atoms with Crippen molar-refractivity contribution < 1.29 is 0 Å². The van der Waals surface area contributed by atoms with Gasteiger partial charge in [-0.1, -0.05) is 26.0 Å². The summed E-state index contributed by atoms with van der Waals surface area (Å²) in [5.41, 5.74) is 6.12. The van der Waals surface area contributed by atoms with Crippen LogP contribution in [0.3, 0.4) is 0 Å². The Balaban J connectivity index is 2.44. The van der Waals surface area contributed by atoms with Gasteiger partial charge in [-0.2, -0.15) is 0 Å². The zero-order valence-corrected chi connectivity index (χ0v) is 12.7. The van der Waals surface area contributed by atoms with E-state index in [9.17, 15) is 0 Å². The lowest BCUT2D eigenvalue weighted by atomic mass is 9.86. The molecule has 1 unspecified atom stereocenters. The topological polar surface area (TPSA) is 3.24 Å². The molecule has 1 aromatic rings. The lowest BCUT2D eigenvalue weighted by Gasteiger charge is -2.38. The molecule has 1 heterocycles. The largest absolute Gasteiger partial charge is 0.294 e. The minimum absolute atomic E-state index is 0.562. The monoisotopic (exact) mass is 245 g/mol. The fourth-order valence-electron chi connectivity index (χ4n) is 3.36. The van der Waals surface area contributed by atoms with Gasteiger partial charge in [0.1, 0.15) is 0 Å². The molecule has 100 valence electrons. The van der Waals surface area contributed by atoms with Crippen LogP contribution in [0.5, 0.6) is 0 Å². The van der Waals surface area contributed by atoms with Gasteiger partial charge in [0.15, 0.2) is 0 Å². The number of rotatable bonds is 2. The Morgan fingerprint density at radius 3 is 2.39 bits per heavy atom. The summed E-state index contributed by atoms with van der Waals surface area (Å²) < 4.78 is 0. The Morgan fingerprint density at radius 1 is 1.17 bits per heavy atom. The molecule has 0 aromatic heterocycles. The summed E-state index contributed by atoms with van der Waals surface area (Å²) in [5, 5.41) is 0. The molecule has 18 heavy (non-hydrogen) atoms. The minimum Gasteiger partial charge on any atom is -0.294 e. The first-order valence-electron chi connectivity index (χ1n) is 7.30. The van der Waals surface area contributed by atoms with Crippen molar-refractivity contribution in [2.75, 3.05) is 6.54 Å². The molecule has 1 atom stereocenters. The second-order valence-corrected chi connectivity index (χ2v) is 6.32. The van der Waals surface area contributed by atoms with Crippen molar-refractivity contribution in [1.29, 1.82) is 0 Å². The van der Waals surface area contributed by atoms with Crippen LogP contribution < -0.4 is 0 Å². The molecule has 1 nitrogen and oxygen atoms in total. The van der Waals surface area contributed by atoms with Gasteiger partial charge in [0, 0.05) is 18.6 Å². The van der Waals surface area contributed by atoms with Gasteiger partial charge in [-0.05, 0) is 62.3 Å². The molecule has 1 aromatic carbocycles. The third-order valence-electron chi connectivity index (χ3n) is 4.40. The van der Waals surface area contributed by atoms with Crippen LogP contribution in [0.25, 0.3) is 0 Å². The molecule has 0 saturated carbocycles. The summed E-state index contributed by atoms with van der Waals surface area (Å²) >= 11 is 0. The van der Waals surface area contributed by atoms with E-state index in [-0.39, 0.29) is 0 Å². The molecule has 1 aliphatic rings. The van der Waals surface area contributed by atoms with E-state index >= 15 is 0 Å². The van der Waals surface area contributed by atoms with Crippen LogP contribution in [0.4, 0.5) is 0 Å². The van der Waals surface area contributed by atoms with Gasteiger partial charge in [0.05, 0.1) is 0 Å². The molecule has 0 amide bonds. The zero-order chi connectivity index (χ0) is 13.4. The summed E-state index contributed by atoms with van der Waals surface area (Å²) in [5.74, 6) is 0.622. The summed E-state index contributed by atoms with van der Waals surface area (Å²) in [4.78, 5) is 2.61. The van der Waals surface area contributed by atoms with Gasteiger partial charge in [-0.15, -0.1) is 0 Å². The standard InChI is InChI=1S/C17H27N/c1-11(2)16-10-17-14(6)18(12(3)4)8-7-15(17)9-13(16)5/h9-12,14H,7-8H2,1-6H3. The van der Waals surface area contributed by atoms with Crippen molar-refractivity contribution in [3.8, 4) is 0 Å². The molecule has 0 fully saturated rings. The summed E-state index contributed by atoms with van der Waals surface area (Å²) in [6.07, 6.45) is 1.21. The summed E-state index contributed by atoms with van der Waals surface area (Å²) in [7, 11) is 0. The third kappa shape index (κ3) is 2.33. The lowest BCUT2D eigenvalue weighted by molar-refractivity contribution is 0.154. The maximum Gasteiger partial charge on any atom is 0.0325 e. The maximum atomic E-state index is 2.61. The highest BCUT2D eigenvalue weighted by Gasteiger charge is 2.26. The van der Waals surface area contributed by atoms with Gasteiger partial charge < -0.3 is 0 Å². The van der Waals surface area contributed by atoms with E-state index in [1.165, 1.54) is 24.1 Å². The van der Waals surface area contributed by atoms with Gasteiger partial charge in [0.25, 0.3) is 0 Å². The van der Waals surface area contributed by atoms with E-state index in [0.29, 0.717) is 18.0 Å².